The highest BCUT2D eigenvalue weighted by Crippen LogP contribution is 2.32. The van der Waals surface area contributed by atoms with Crippen LogP contribution >= 0.6 is 0 Å². The van der Waals surface area contributed by atoms with Gasteiger partial charge in [0.2, 0.25) is 5.88 Å². The summed E-state index contributed by atoms with van der Waals surface area (Å²) in [7, 11) is 0. The summed E-state index contributed by atoms with van der Waals surface area (Å²) in [6, 6.07) is 17.4. The third kappa shape index (κ3) is 3.75. The average molecular weight is 436 g/mol. The van der Waals surface area contributed by atoms with Gasteiger partial charge in [-0.25, -0.2) is 13.8 Å². The number of para-hydroxylation sites is 2. The summed E-state index contributed by atoms with van der Waals surface area (Å²) >= 11 is 0. The van der Waals surface area contributed by atoms with Crippen molar-refractivity contribution >= 4 is 16.8 Å². The van der Waals surface area contributed by atoms with E-state index in [2.05, 4.69) is 20.4 Å². The highest BCUT2D eigenvalue weighted by molar-refractivity contribution is 5.97. The van der Waals surface area contributed by atoms with Crippen molar-refractivity contribution in [2.24, 2.45) is 0 Å². The number of piperidine rings is 1. The number of tetrazole rings is 1. The van der Waals surface area contributed by atoms with Crippen LogP contribution in [0.25, 0.3) is 16.6 Å². The number of fused-ring (bicyclic) bond motifs is 1. The number of carbonyl (C=O) groups is 1. The maximum Gasteiger partial charge on any atom is 0.287 e. The summed E-state index contributed by atoms with van der Waals surface area (Å²) in [6.07, 6.45) is -0.783. The van der Waals surface area contributed by atoms with E-state index in [9.17, 15) is 13.6 Å². The van der Waals surface area contributed by atoms with E-state index in [0.29, 0.717) is 16.8 Å². The summed E-state index contributed by atoms with van der Waals surface area (Å²) in [5.41, 5.74) is 1.35. The number of benzene rings is 2. The number of pyridine rings is 1. The van der Waals surface area contributed by atoms with Gasteiger partial charge in [-0.1, -0.05) is 30.3 Å². The Labute approximate surface area is 181 Å². The van der Waals surface area contributed by atoms with Crippen molar-refractivity contribution in [2.45, 2.75) is 18.4 Å². The van der Waals surface area contributed by atoms with Crippen molar-refractivity contribution < 1.29 is 18.3 Å². The molecule has 32 heavy (non-hydrogen) atoms. The van der Waals surface area contributed by atoms with Crippen molar-refractivity contribution in [1.29, 1.82) is 0 Å². The van der Waals surface area contributed by atoms with Crippen LogP contribution in [-0.2, 0) is 0 Å². The molecule has 2 aromatic carbocycles. The Bertz CT molecular complexity index is 1260. The minimum absolute atomic E-state index is 0.0925. The number of nitrogens with zero attached hydrogens (tertiary/aromatic N) is 6. The van der Waals surface area contributed by atoms with Crippen LogP contribution in [0, 0.1) is 0 Å². The second-order valence-electron chi connectivity index (χ2n) is 7.45. The molecular formula is C22H18F2N6O2. The van der Waals surface area contributed by atoms with Crippen molar-refractivity contribution in [1.82, 2.24) is 30.1 Å². The van der Waals surface area contributed by atoms with Gasteiger partial charge in [-0.3, -0.25) is 4.79 Å². The van der Waals surface area contributed by atoms with E-state index in [0.717, 1.165) is 5.39 Å². The summed E-state index contributed by atoms with van der Waals surface area (Å²) in [6.45, 7) is -0.380. The number of aromatic nitrogens is 5. The van der Waals surface area contributed by atoms with Crippen molar-refractivity contribution in [3.63, 3.8) is 0 Å². The minimum atomic E-state index is -3.10. The highest BCUT2D eigenvalue weighted by atomic mass is 19.3. The van der Waals surface area contributed by atoms with Crippen LogP contribution < -0.4 is 4.74 Å². The lowest BCUT2D eigenvalue weighted by Crippen LogP contribution is -2.55. The molecule has 4 aromatic rings. The third-order valence-electron chi connectivity index (χ3n) is 5.39. The quantitative estimate of drug-likeness (QED) is 0.489. The molecular weight excluding hydrogens is 418 g/mol. The summed E-state index contributed by atoms with van der Waals surface area (Å²) in [5, 5.41) is 12.3. The molecule has 1 aliphatic rings. The number of rotatable bonds is 4. The van der Waals surface area contributed by atoms with Crippen LogP contribution in [0.5, 0.6) is 5.88 Å². The predicted octanol–water partition coefficient (Wildman–Crippen LogP) is 3.14. The molecule has 162 valence electrons. The molecule has 8 nitrogen and oxygen atoms in total. The lowest BCUT2D eigenvalue weighted by molar-refractivity contribution is -0.131. The van der Waals surface area contributed by atoms with E-state index < -0.39 is 24.4 Å². The number of amides is 1. The van der Waals surface area contributed by atoms with Crippen LogP contribution in [0.2, 0.25) is 0 Å². The topological polar surface area (TPSA) is 86.0 Å². The van der Waals surface area contributed by atoms with Crippen LogP contribution in [-0.4, -0.2) is 61.1 Å². The number of ether oxygens (including phenoxy) is 1. The Hall–Kier alpha value is -3.95. The molecule has 1 atom stereocenters. The number of halogens is 2. The lowest BCUT2D eigenvalue weighted by atomic mass is 10.0. The first kappa shape index (κ1) is 20.0. The molecule has 3 heterocycles. The zero-order chi connectivity index (χ0) is 22.1. The normalized spacial score (nSPS) is 17.9. The monoisotopic (exact) mass is 436 g/mol. The molecule has 0 bridgehead atoms. The average Bonchev–Trinajstić information content (AvgIpc) is 3.35. The Morgan fingerprint density at radius 1 is 1.06 bits per heavy atom. The van der Waals surface area contributed by atoms with Gasteiger partial charge in [0.25, 0.3) is 11.8 Å². The number of alkyl halides is 2. The third-order valence-corrected chi connectivity index (χ3v) is 5.39. The van der Waals surface area contributed by atoms with Gasteiger partial charge in [-0.15, -0.1) is 15.0 Å². The first-order valence-electron chi connectivity index (χ1n) is 10.0. The molecule has 10 heteroatoms. The van der Waals surface area contributed by atoms with E-state index in [1.807, 2.05) is 18.2 Å². The molecule has 1 aliphatic heterocycles. The van der Waals surface area contributed by atoms with Crippen molar-refractivity contribution in [3.8, 4) is 11.6 Å². The Morgan fingerprint density at radius 2 is 1.88 bits per heavy atom. The summed E-state index contributed by atoms with van der Waals surface area (Å²) in [4.78, 5) is 20.1. The van der Waals surface area contributed by atoms with Gasteiger partial charge < -0.3 is 9.64 Å². The molecule has 1 fully saturated rings. The molecule has 5 rings (SSSR count). The second kappa shape index (κ2) is 7.95. The highest BCUT2D eigenvalue weighted by Gasteiger charge is 2.47. The van der Waals surface area contributed by atoms with Gasteiger partial charge in [0, 0.05) is 24.4 Å². The number of hydrogen-bond acceptors (Lipinski definition) is 6. The molecule has 0 spiro atoms. The molecule has 0 N–H and O–H groups in total. The first-order chi connectivity index (χ1) is 15.5. The molecule has 0 unspecified atom stereocenters. The number of carbonyl (C=O) groups excluding carboxylic acids is 1. The minimum Gasteiger partial charge on any atom is -0.466 e. The van der Waals surface area contributed by atoms with E-state index in [1.54, 1.807) is 42.5 Å². The van der Waals surface area contributed by atoms with E-state index in [1.165, 1.54) is 16.0 Å². The molecule has 0 aliphatic carbocycles. The molecule has 0 saturated carbocycles. The predicted molar refractivity (Wildman–Crippen MR) is 111 cm³/mol. The van der Waals surface area contributed by atoms with Crippen molar-refractivity contribution in [2.75, 3.05) is 13.1 Å². The van der Waals surface area contributed by atoms with E-state index >= 15 is 0 Å². The fraction of sp³-hybridized carbons (Fsp3) is 0.227. The number of likely N-dealkylation sites (tertiary alicyclic amines) is 1. The smallest absolute Gasteiger partial charge is 0.287 e. The largest absolute Gasteiger partial charge is 0.466 e. The van der Waals surface area contributed by atoms with Crippen LogP contribution in [0.15, 0.2) is 67.0 Å². The van der Waals surface area contributed by atoms with E-state index in [-0.39, 0.29) is 19.0 Å². The standard InChI is InChI=1S/C22H18F2N6O2/c23-22(24)11-12-29(21(31)16-6-2-4-8-18(16)30-26-14-25-28-30)13-19(22)32-20-10-9-15-5-1-3-7-17(15)27-20/h1-10,14,19H,11-13H2/t19-/m0/s1. The van der Waals surface area contributed by atoms with E-state index in [4.69, 9.17) is 4.74 Å². The Morgan fingerprint density at radius 3 is 2.72 bits per heavy atom. The fourth-order valence-corrected chi connectivity index (χ4v) is 3.71. The first-order valence-corrected chi connectivity index (χ1v) is 10.0. The van der Waals surface area contributed by atoms with Gasteiger partial charge in [0.05, 0.1) is 17.6 Å². The SMILES string of the molecule is O=C(c1ccccc1-n1ncnn1)N1CCC(F)(F)[C@@H](Oc2ccc3ccccc3n2)C1. The molecule has 0 radical (unpaired) electrons. The van der Waals surface area contributed by atoms with Gasteiger partial charge in [0.1, 0.15) is 5.69 Å². The zero-order valence-electron chi connectivity index (χ0n) is 16.8. The fourth-order valence-electron chi connectivity index (χ4n) is 3.71. The summed E-state index contributed by atoms with van der Waals surface area (Å²) in [5.74, 6) is -3.42. The molecule has 2 aromatic heterocycles. The van der Waals surface area contributed by atoms with Crippen LogP contribution in [0.1, 0.15) is 16.8 Å². The van der Waals surface area contributed by atoms with Crippen LogP contribution in [0.3, 0.4) is 0 Å². The summed E-state index contributed by atoms with van der Waals surface area (Å²) < 4.78 is 35.0. The van der Waals surface area contributed by atoms with Gasteiger partial charge >= 0.3 is 0 Å². The number of hydrogen-bond donors (Lipinski definition) is 0. The molecule has 1 saturated heterocycles. The maximum atomic E-state index is 14.7. The van der Waals surface area contributed by atoms with Crippen molar-refractivity contribution in [3.05, 3.63) is 72.6 Å². The van der Waals surface area contributed by atoms with Gasteiger partial charge in [-0.05, 0) is 29.5 Å². The van der Waals surface area contributed by atoms with Gasteiger partial charge in [-0.2, -0.15) is 0 Å². The lowest BCUT2D eigenvalue weighted by Gasteiger charge is -2.38. The zero-order valence-corrected chi connectivity index (χ0v) is 16.8. The maximum absolute atomic E-state index is 14.7. The van der Waals surface area contributed by atoms with Gasteiger partial charge in [0.15, 0.2) is 12.4 Å². The Kier molecular flexibility index (Phi) is 4.96. The van der Waals surface area contributed by atoms with Crippen LogP contribution in [0.4, 0.5) is 8.78 Å². The second-order valence-corrected chi connectivity index (χ2v) is 7.45. The Balaban J connectivity index is 1.39. The molecule has 1 amide bonds.